The minimum Gasteiger partial charge on any atom is -0.340 e. The lowest BCUT2D eigenvalue weighted by Gasteiger charge is -2.36. The Hall–Kier alpha value is -1.20. The third-order valence-electron chi connectivity index (χ3n) is 3.60. The number of rotatable bonds is 4. The van der Waals surface area contributed by atoms with Crippen LogP contribution >= 0.6 is 15.9 Å². The topological polar surface area (TPSA) is 51.0 Å². The van der Waals surface area contributed by atoms with E-state index in [4.69, 9.17) is 4.52 Å². The number of hydrogen-bond donors (Lipinski definition) is 1. The fraction of sp³-hybridized carbons (Fsp3) is 0.429. The van der Waals surface area contributed by atoms with E-state index in [1.807, 2.05) is 6.92 Å². The summed E-state index contributed by atoms with van der Waals surface area (Å²) in [5.41, 5.74) is 1.41. The van der Waals surface area contributed by atoms with Crippen LogP contribution in [0.3, 0.4) is 0 Å². The highest BCUT2D eigenvalue weighted by Gasteiger charge is 2.31. The van der Waals surface area contributed by atoms with Crippen molar-refractivity contribution >= 4 is 15.9 Å². The van der Waals surface area contributed by atoms with Gasteiger partial charge in [0.05, 0.1) is 6.54 Å². The number of hydrogen-bond acceptors (Lipinski definition) is 4. The molecule has 1 heterocycles. The first kappa shape index (κ1) is 12.8. The maximum Gasteiger partial charge on any atom is 0.223 e. The molecule has 0 spiro atoms. The van der Waals surface area contributed by atoms with Gasteiger partial charge in [-0.2, -0.15) is 4.98 Å². The summed E-state index contributed by atoms with van der Waals surface area (Å²) < 4.78 is 6.16. The van der Waals surface area contributed by atoms with Gasteiger partial charge in [-0.15, -0.1) is 0 Å². The predicted octanol–water partition coefficient (Wildman–Crippen LogP) is 3.18. The van der Waals surface area contributed by atoms with Crippen LogP contribution in [-0.2, 0) is 6.54 Å². The molecule has 4 nitrogen and oxygen atoms in total. The predicted molar refractivity (Wildman–Crippen MR) is 75.8 cm³/mol. The van der Waals surface area contributed by atoms with Crippen LogP contribution in [0, 0.1) is 6.92 Å². The van der Waals surface area contributed by atoms with Crippen LogP contribution in [0.5, 0.6) is 0 Å². The van der Waals surface area contributed by atoms with Crippen LogP contribution < -0.4 is 5.32 Å². The summed E-state index contributed by atoms with van der Waals surface area (Å²) in [4.78, 5) is 4.18. The maximum absolute atomic E-state index is 4.95. The second-order valence-corrected chi connectivity index (χ2v) is 5.85. The van der Waals surface area contributed by atoms with Crippen LogP contribution in [0.25, 0.3) is 0 Å². The molecule has 0 amide bonds. The lowest BCUT2D eigenvalue weighted by Crippen LogP contribution is -2.39. The molecular formula is C14H16BrN3O. The summed E-state index contributed by atoms with van der Waals surface area (Å²) >= 11 is 3.62. The minimum atomic E-state index is 0.552. The Morgan fingerprint density at radius 3 is 2.84 bits per heavy atom. The van der Waals surface area contributed by atoms with Gasteiger partial charge in [0.15, 0.2) is 5.82 Å². The standard InChI is InChI=1S/C14H16BrN3O/c1-9-17-14(18-19-9)8-16-11-6-10(7-11)12-4-2-3-5-13(12)15/h2-5,10-11,16H,6-8H2,1H3. The highest BCUT2D eigenvalue weighted by Crippen LogP contribution is 2.39. The monoisotopic (exact) mass is 321 g/mol. The zero-order valence-corrected chi connectivity index (χ0v) is 12.4. The Bertz CT molecular complexity index is 563. The minimum absolute atomic E-state index is 0.552. The molecule has 1 aromatic carbocycles. The van der Waals surface area contributed by atoms with E-state index in [0.29, 0.717) is 24.4 Å². The fourth-order valence-corrected chi connectivity index (χ4v) is 3.10. The molecule has 1 N–H and O–H groups in total. The molecule has 0 aliphatic heterocycles. The molecule has 0 unspecified atom stereocenters. The van der Waals surface area contributed by atoms with E-state index in [2.05, 4.69) is 55.7 Å². The van der Waals surface area contributed by atoms with Crippen molar-refractivity contribution in [3.8, 4) is 0 Å². The van der Waals surface area contributed by atoms with Gasteiger partial charge in [0.2, 0.25) is 5.89 Å². The smallest absolute Gasteiger partial charge is 0.223 e. The molecule has 0 saturated heterocycles. The van der Waals surface area contributed by atoms with Gasteiger partial charge in [0.1, 0.15) is 0 Å². The molecule has 1 aliphatic carbocycles. The van der Waals surface area contributed by atoms with Crippen LogP contribution in [-0.4, -0.2) is 16.2 Å². The first-order valence-corrected chi connectivity index (χ1v) is 7.28. The Morgan fingerprint density at radius 2 is 2.16 bits per heavy atom. The molecule has 1 fully saturated rings. The van der Waals surface area contributed by atoms with E-state index in [-0.39, 0.29) is 0 Å². The summed E-state index contributed by atoms with van der Waals surface area (Å²) in [6.45, 7) is 2.49. The van der Waals surface area contributed by atoms with Crippen LogP contribution in [0.15, 0.2) is 33.3 Å². The van der Waals surface area contributed by atoms with E-state index in [1.54, 1.807) is 0 Å². The highest BCUT2D eigenvalue weighted by atomic mass is 79.9. The van der Waals surface area contributed by atoms with Crippen molar-refractivity contribution in [3.05, 3.63) is 46.0 Å². The van der Waals surface area contributed by atoms with Crippen LogP contribution in [0.4, 0.5) is 0 Å². The average molecular weight is 322 g/mol. The molecule has 100 valence electrons. The number of halogens is 1. The number of nitrogens with zero attached hydrogens (tertiary/aromatic N) is 2. The van der Waals surface area contributed by atoms with E-state index < -0.39 is 0 Å². The Kier molecular flexibility index (Phi) is 3.66. The lowest BCUT2D eigenvalue weighted by atomic mass is 9.76. The van der Waals surface area contributed by atoms with Gasteiger partial charge in [0, 0.05) is 17.4 Å². The van der Waals surface area contributed by atoms with Crippen LogP contribution in [0.1, 0.15) is 36.0 Å². The van der Waals surface area contributed by atoms with Crippen molar-refractivity contribution in [2.75, 3.05) is 0 Å². The molecule has 0 atom stereocenters. The van der Waals surface area contributed by atoms with E-state index in [0.717, 1.165) is 5.82 Å². The molecule has 1 aliphatic rings. The second kappa shape index (κ2) is 5.43. The Balaban J connectivity index is 1.49. The summed E-state index contributed by atoms with van der Waals surface area (Å²) in [7, 11) is 0. The van der Waals surface area contributed by atoms with Crippen molar-refractivity contribution in [1.29, 1.82) is 0 Å². The van der Waals surface area contributed by atoms with Crippen molar-refractivity contribution in [2.24, 2.45) is 0 Å². The van der Waals surface area contributed by atoms with Gasteiger partial charge in [0.25, 0.3) is 0 Å². The summed E-state index contributed by atoms with van der Waals surface area (Å²) in [5.74, 6) is 2.01. The number of benzene rings is 1. The molecule has 2 aromatic rings. The quantitative estimate of drug-likeness (QED) is 0.939. The number of aryl methyl sites for hydroxylation is 1. The molecule has 1 saturated carbocycles. The number of nitrogens with one attached hydrogen (secondary N) is 1. The zero-order valence-electron chi connectivity index (χ0n) is 10.8. The Labute approximate surface area is 120 Å². The summed E-state index contributed by atoms with van der Waals surface area (Å²) in [6.07, 6.45) is 2.33. The van der Waals surface area contributed by atoms with Crippen molar-refractivity contribution in [3.63, 3.8) is 0 Å². The third kappa shape index (κ3) is 2.87. The van der Waals surface area contributed by atoms with Gasteiger partial charge in [-0.05, 0) is 30.4 Å². The SMILES string of the molecule is Cc1nc(CNC2CC(c3ccccc3Br)C2)no1. The number of aromatic nitrogens is 2. The largest absolute Gasteiger partial charge is 0.340 e. The molecular weight excluding hydrogens is 306 g/mol. The summed E-state index contributed by atoms with van der Waals surface area (Å²) in [6, 6.07) is 9.02. The van der Waals surface area contributed by atoms with Gasteiger partial charge in [-0.3, -0.25) is 0 Å². The van der Waals surface area contributed by atoms with Gasteiger partial charge < -0.3 is 9.84 Å². The van der Waals surface area contributed by atoms with Gasteiger partial charge in [-0.25, -0.2) is 0 Å². The summed E-state index contributed by atoms with van der Waals surface area (Å²) in [5, 5.41) is 7.35. The molecule has 5 heteroatoms. The first-order valence-electron chi connectivity index (χ1n) is 6.49. The normalized spacial score (nSPS) is 22.2. The second-order valence-electron chi connectivity index (χ2n) is 5.00. The van der Waals surface area contributed by atoms with E-state index >= 15 is 0 Å². The zero-order chi connectivity index (χ0) is 13.2. The van der Waals surface area contributed by atoms with E-state index in [1.165, 1.54) is 22.9 Å². The molecule has 0 radical (unpaired) electrons. The third-order valence-corrected chi connectivity index (χ3v) is 4.32. The maximum atomic E-state index is 4.95. The average Bonchev–Trinajstić information content (AvgIpc) is 2.75. The first-order chi connectivity index (χ1) is 9.22. The van der Waals surface area contributed by atoms with Gasteiger partial charge >= 0.3 is 0 Å². The van der Waals surface area contributed by atoms with Crippen molar-refractivity contribution in [2.45, 2.75) is 38.3 Å². The molecule has 0 bridgehead atoms. The van der Waals surface area contributed by atoms with Crippen molar-refractivity contribution < 1.29 is 4.52 Å². The van der Waals surface area contributed by atoms with Crippen LogP contribution in [0.2, 0.25) is 0 Å². The lowest BCUT2D eigenvalue weighted by molar-refractivity contribution is 0.285. The van der Waals surface area contributed by atoms with Gasteiger partial charge in [-0.1, -0.05) is 39.3 Å². The molecule has 19 heavy (non-hydrogen) atoms. The molecule has 1 aromatic heterocycles. The Morgan fingerprint density at radius 1 is 1.37 bits per heavy atom. The van der Waals surface area contributed by atoms with Crippen molar-refractivity contribution in [1.82, 2.24) is 15.5 Å². The fourth-order valence-electron chi connectivity index (χ4n) is 2.49. The highest BCUT2D eigenvalue weighted by molar-refractivity contribution is 9.10. The molecule has 3 rings (SSSR count). The van der Waals surface area contributed by atoms with E-state index in [9.17, 15) is 0 Å².